The summed E-state index contributed by atoms with van der Waals surface area (Å²) in [6.45, 7) is 8.68. The molecule has 21 heavy (non-hydrogen) atoms. The van der Waals surface area contributed by atoms with E-state index in [1.165, 1.54) is 6.33 Å². The Labute approximate surface area is 128 Å². The fourth-order valence-electron chi connectivity index (χ4n) is 2.26. The molecule has 2 rings (SSSR count). The predicted octanol–water partition coefficient (Wildman–Crippen LogP) is 2.18. The molecule has 7 heteroatoms. The van der Waals surface area contributed by atoms with E-state index in [1.807, 2.05) is 32.4 Å². The number of carbonyl (C=O) groups is 1. The van der Waals surface area contributed by atoms with Gasteiger partial charge >= 0.3 is 0 Å². The van der Waals surface area contributed by atoms with Gasteiger partial charge in [-0.2, -0.15) is 5.10 Å². The van der Waals surface area contributed by atoms with Crippen molar-refractivity contribution in [3.63, 3.8) is 0 Å². The molecule has 0 aliphatic heterocycles. The molecule has 2 heterocycles. The number of aryl methyl sites for hydroxylation is 3. The van der Waals surface area contributed by atoms with Crippen LogP contribution >= 0.6 is 11.3 Å². The summed E-state index contributed by atoms with van der Waals surface area (Å²) in [5, 5.41) is 8.20. The fourth-order valence-corrected chi connectivity index (χ4v) is 3.20. The molecule has 1 N–H and O–H groups in total. The van der Waals surface area contributed by atoms with Crippen molar-refractivity contribution < 1.29 is 4.79 Å². The number of nitrogens with one attached hydrogen (secondary N) is 1. The first kappa shape index (κ1) is 15.6. The van der Waals surface area contributed by atoms with Crippen LogP contribution in [-0.4, -0.2) is 25.7 Å². The molecule has 1 atom stereocenters. The molecular formula is C14H21N5OS. The normalized spacial score (nSPS) is 12.4. The number of nitrogens with zero attached hydrogens (tertiary/aromatic N) is 4. The molecule has 1 amide bonds. The molecule has 114 valence electrons. The van der Waals surface area contributed by atoms with E-state index in [0.717, 1.165) is 34.4 Å². The Balaban J connectivity index is 2.05. The van der Waals surface area contributed by atoms with Crippen molar-refractivity contribution in [2.45, 2.75) is 53.1 Å². The summed E-state index contributed by atoms with van der Waals surface area (Å²) in [5.41, 5.74) is 0.942. The Morgan fingerprint density at radius 2 is 2.19 bits per heavy atom. The van der Waals surface area contributed by atoms with Gasteiger partial charge in [0.2, 0.25) is 5.91 Å². The highest BCUT2D eigenvalue weighted by atomic mass is 32.1. The van der Waals surface area contributed by atoms with Crippen LogP contribution < -0.4 is 5.32 Å². The molecule has 2 aromatic rings. The molecule has 2 aromatic heterocycles. The molecule has 0 aromatic carbocycles. The summed E-state index contributed by atoms with van der Waals surface area (Å²) >= 11 is 1.58. The van der Waals surface area contributed by atoms with E-state index in [1.54, 1.807) is 11.3 Å². The lowest BCUT2D eigenvalue weighted by Crippen LogP contribution is -2.31. The van der Waals surface area contributed by atoms with E-state index in [2.05, 4.69) is 20.4 Å². The van der Waals surface area contributed by atoms with E-state index in [0.29, 0.717) is 6.42 Å². The van der Waals surface area contributed by atoms with Crippen molar-refractivity contribution in [2.24, 2.45) is 0 Å². The molecular weight excluding hydrogens is 286 g/mol. The number of thiazole rings is 1. The van der Waals surface area contributed by atoms with Crippen molar-refractivity contribution >= 4 is 17.2 Å². The van der Waals surface area contributed by atoms with E-state index in [9.17, 15) is 4.79 Å². The van der Waals surface area contributed by atoms with Crippen molar-refractivity contribution in [3.05, 3.63) is 27.7 Å². The standard InChI is InChI=1S/C14H21N5OS/c1-5-11(14-15-8-16-19(14)6-2)18-13(20)7-12-9(3)17-10(4)21-12/h8,11H,5-7H2,1-4H3,(H,18,20)/t11-/m0/s1. The van der Waals surface area contributed by atoms with Crippen LogP contribution in [0.3, 0.4) is 0 Å². The average Bonchev–Trinajstić information content (AvgIpc) is 3.03. The Morgan fingerprint density at radius 3 is 2.76 bits per heavy atom. The largest absolute Gasteiger partial charge is 0.346 e. The third-order valence-corrected chi connectivity index (χ3v) is 4.39. The maximum Gasteiger partial charge on any atom is 0.225 e. The number of amides is 1. The van der Waals surface area contributed by atoms with Crippen LogP contribution in [0.5, 0.6) is 0 Å². The SMILES string of the molecule is CC[C@H](NC(=O)Cc1sc(C)nc1C)c1ncnn1CC. The number of hydrogen-bond donors (Lipinski definition) is 1. The van der Waals surface area contributed by atoms with Crippen LogP contribution in [0.1, 0.15) is 47.7 Å². The summed E-state index contributed by atoms with van der Waals surface area (Å²) in [6.07, 6.45) is 2.68. The molecule has 0 fully saturated rings. The lowest BCUT2D eigenvalue weighted by Gasteiger charge is -2.16. The van der Waals surface area contributed by atoms with Gasteiger partial charge in [0.25, 0.3) is 0 Å². The first-order valence-corrected chi connectivity index (χ1v) is 7.96. The lowest BCUT2D eigenvalue weighted by atomic mass is 10.2. The minimum atomic E-state index is -0.103. The average molecular weight is 307 g/mol. The molecule has 0 radical (unpaired) electrons. The van der Waals surface area contributed by atoms with E-state index >= 15 is 0 Å². The number of hydrogen-bond acceptors (Lipinski definition) is 5. The molecule has 6 nitrogen and oxygen atoms in total. The molecule has 0 spiro atoms. The van der Waals surface area contributed by atoms with Gasteiger partial charge in [0.15, 0.2) is 0 Å². The number of rotatable bonds is 6. The molecule has 0 bridgehead atoms. The van der Waals surface area contributed by atoms with Crippen LogP contribution in [0, 0.1) is 13.8 Å². The molecule has 0 aliphatic rings. The summed E-state index contributed by atoms with van der Waals surface area (Å²) in [4.78, 5) is 21.9. The van der Waals surface area contributed by atoms with Crippen molar-refractivity contribution in [2.75, 3.05) is 0 Å². The van der Waals surface area contributed by atoms with E-state index < -0.39 is 0 Å². The van der Waals surface area contributed by atoms with E-state index in [-0.39, 0.29) is 11.9 Å². The Hall–Kier alpha value is -1.76. The second kappa shape index (κ2) is 6.80. The first-order chi connectivity index (χ1) is 10.0. The Kier molecular flexibility index (Phi) is 5.06. The van der Waals surface area contributed by atoms with Gasteiger partial charge in [-0.05, 0) is 27.2 Å². The number of aromatic nitrogens is 4. The third kappa shape index (κ3) is 3.66. The van der Waals surface area contributed by atoms with Gasteiger partial charge in [-0.15, -0.1) is 11.3 Å². The fraction of sp³-hybridized carbons (Fsp3) is 0.571. The van der Waals surface area contributed by atoms with Crippen LogP contribution in [0.15, 0.2) is 6.33 Å². The number of carbonyl (C=O) groups excluding carboxylic acids is 1. The van der Waals surface area contributed by atoms with Gasteiger partial charge < -0.3 is 5.32 Å². The topological polar surface area (TPSA) is 72.7 Å². The van der Waals surface area contributed by atoms with Crippen LogP contribution in [0.4, 0.5) is 0 Å². The van der Waals surface area contributed by atoms with Crippen molar-refractivity contribution in [3.8, 4) is 0 Å². The lowest BCUT2D eigenvalue weighted by molar-refractivity contribution is -0.121. The van der Waals surface area contributed by atoms with Crippen LogP contribution in [0.25, 0.3) is 0 Å². The van der Waals surface area contributed by atoms with Crippen LogP contribution in [-0.2, 0) is 17.8 Å². The second-order valence-corrected chi connectivity index (χ2v) is 6.17. The van der Waals surface area contributed by atoms with Crippen LogP contribution in [0.2, 0.25) is 0 Å². The zero-order valence-electron chi connectivity index (χ0n) is 12.9. The highest BCUT2D eigenvalue weighted by Gasteiger charge is 2.19. The zero-order chi connectivity index (χ0) is 15.4. The molecule has 0 unspecified atom stereocenters. The maximum absolute atomic E-state index is 12.2. The predicted molar refractivity (Wildman–Crippen MR) is 82.2 cm³/mol. The second-order valence-electron chi connectivity index (χ2n) is 4.88. The maximum atomic E-state index is 12.2. The Bertz CT molecular complexity index is 619. The molecule has 0 saturated heterocycles. The summed E-state index contributed by atoms with van der Waals surface area (Å²) in [7, 11) is 0. The summed E-state index contributed by atoms with van der Waals surface area (Å²) in [5.74, 6) is 0.810. The zero-order valence-corrected chi connectivity index (χ0v) is 13.7. The molecule has 0 saturated carbocycles. The first-order valence-electron chi connectivity index (χ1n) is 7.15. The van der Waals surface area contributed by atoms with Crippen molar-refractivity contribution in [1.82, 2.24) is 25.1 Å². The summed E-state index contributed by atoms with van der Waals surface area (Å²) < 4.78 is 1.82. The van der Waals surface area contributed by atoms with Gasteiger partial charge in [0, 0.05) is 11.4 Å². The quantitative estimate of drug-likeness (QED) is 0.888. The molecule has 0 aliphatic carbocycles. The highest BCUT2D eigenvalue weighted by molar-refractivity contribution is 7.11. The minimum absolute atomic E-state index is 0.000692. The monoisotopic (exact) mass is 307 g/mol. The van der Waals surface area contributed by atoms with Gasteiger partial charge in [-0.3, -0.25) is 4.79 Å². The van der Waals surface area contributed by atoms with Gasteiger partial charge in [-0.25, -0.2) is 14.6 Å². The summed E-state index contributed by atoms with van der Waals surface area (Å²) in [6, 6.07) is -0.103. The third-order valence-electron chi connectivity index (χ3n) is 3.32. The highest BCUT2D eigenvalue weighted by Crippen LogP contribution is 2.19. The van der Waals surface area contributed by atoms with Gasteiger partial charge in [-0.1, -0.05) is 6.92 Å². The minimum Gasteiger partial charge on any atom is -0.346 e. The smallest absolute Gasteiger partial charge is 0.225 e. The van der Waals surface area contributed by atoms with Gasteiger partial charge in [0.1, 0.15) is 12.2 Å². The van der Waals surface area contributed by atoms with Crippen molar-refractivity contribution in [1.29, 1.82) is 0 Å². The van der Waals surface area contributed by atoms with E-state index in [4.69, 9.17) is 0 Å². The Morgan fingerprint density at radius 1 is 1.43 bits per heavy atom. The van der Waals surface area contributed by atoms with Gasteiger partial charge in [0.05, 0.1) is 23.2 Å².